The fourth-order valence-electron chi connectivity index (χ4n) is 4.83. The van der Waals surface area contributed by atoms with E-state index >= 15 is 0 Å². The predicted molar refractivity (Wildman–Crippen MR) is 115 cm³/mol. The van der Waals surface area contributed by atoms with Crippen molar-refractivity contribution in [2.75, 3.05) is 13.2 Å². The third-order valence-corrected chi connectivity index (χ3v) is 7.01. The molecule has 0 bridgehead atoms. The Hall–Kier alpha value is -2.72. The Morgan fingerprint density at radius 3 is 2.53 bits per heavy atom. The van der Waals surface area contributed by atoms with Crippen molar-refractivity contribution in [3.8, 4) is 5.88 Å². The van der Waals surface area contributed by atoms with E-state index in [4.69, 9.17) is 4.74 Å². The molecule has 1 aliphatic carbocycles. The Balaban J connectivity index is 1.28. The van der Waals surface area contributed by atoms with E-state index in [-0.39, 0.29) is 24.5 Å². The number of nitrogens with zero attached hydrogens (tertiary/aromatic N) is 4. The Kier molecular flexibility index (Phi) is 5.76. The van der Waals surface area contributed by atoms with Crippen molar-refractivity contribution >= 4 is 5.91 Å². The lowest BCUT2D eigenvalue weighted by atomic mass is 9.92. The van der Waals surface area contributed by atoms with Crippen LogP contribution < -0.4 is 4.74 Å². The Bertz CT molecular complexity index is 1060. The van der Waals surface area contributed by atoms with Gasteiger partial charge in [0.2, 0.25) is 5.88 Å². The number of hydrogen-bond acceptors (Lipinski definition) is 6. The highest BCUT2D eigenvalue weighted by Gasteiger charge is 2.44. The fraction of sp³-hybridized carbons (Fsp3) is 0.542. The lowest BCUT2D eigenvalue weighted by Gasteiger charge is -2.42. The summed E-state index contributed by atoms with van der Waals surface area (Å²) in [6.45, 7) is 1.88. The number of ether oxygens (including phenoxy) is 1. The Labute approximate surface area is 195 Å². The van der Waals surface area contributed by atoms with Crippen LogP contribution in [0.1, 0.15) is 61.8 Å². The van der Waals surface area contributed by atoms with Gasteiger partial charge in [0.05, 0.1) is 30.3 Å². The molecule has 34 heavy (non-hydrogen) atoms. The van der Waals surface area contributed by atoms with E-state index in [0.29, 0.717) is 24.8 Å². The number of rotatable bonds is 5. The monoisotopic (exact) mass is 476 g/mol. The molecule has 1 aromatic carbocycles. The van der Waals surface area contributed by atoms with Crippen molar-refractivity contribution in [3.63, 3.8) is 0 Å². The van der Waals surface area contributed by atoms with Gasteiger partial charge in [-0.05, 0) is 56.7 Å². The predicted octanol–water partition coefficient (Wildman–Crippen LogP) is 3.64. The van der Waals surface area contributed by atoms with E-state index in [1.165, 1.54) is 24.0 Å². The second-order valence-corrected chi connectivity index (χ2v) is 9.52. The van der Waals surface area contributed by atoms with E-state index in [1.54, 1.807) is 12.4 Å². The van der Waals surface area contributed by atoms with Crippen molar-refractivity contribution in [2.45, 2.75) is 69.0 Å². The Morgan fingerprint density at radius 1 is 1.09 bits per heavy atom. The molecule has 1 unspecified atom stereocenters. The minimum atomic E-state index is -4.56. The number of carbonyl (C=O) groups excluding carboxylic acids is 1. The average molecular weight is 476 g/mol. The molecule has 182 valence electrons. The van der Waals surface area contributed by atoms with Crippen LogP contribution in [0.5, 0.6) is 5.88 Å². The van der Waals surface area contributed by atoms with Crippen molar-refractivity contribution < 1.29 is 27.8 Å². The van der Waals surface area contributed by atoms with Gasteiger partial charge in [0.25, 0.3) is 5.91 Å². The van der Waals surface area contributed by atoms with Crippen LogP contribution in [-0.2, 0) is 16.6 Å². The molecule has 3 atom stereocenters. The number of hydrogen-bond donors (Lipinski definition) is 1. The van der Waals surface area contributed by atoms with E-state index < -0.39 is 23.2 Å². The van der Waals surface area contributed by atoms with Gasteiger partial charge in [-0.2, -0.15) is 13.2 Å². The zero-order valence-electron chi connectivity index (χ0n) is 18.8. The zero-order chi connectivity index (χ0) is 24.1. The van der Waals surface area contributed by atoms with Crippen LogP contribution in [-0.4, -0.2) is 56.3 Å². The third-order valence-electron chi connectivity index (χ3n) is 7.01. The summed E-state index contributed by atoms with van der Waals surface area (Å²) in [5, 5.41) is 11.0. The minimum Gasteiger partial charge on any atom is -0.457 e. The molecule has 5 rings (SSSR count). The topological polar surface area (TPSA) is 78.8 Å². The molecule has 2 aromatic rings. The molecule has 1 saturated carbocycles. The van der Waals surface area contributed by atoms with Crippen LogP contribution in [0, 0.1) is 0 Å². The van der Waals surface area contributed by atoms with E-state index in [9.17, 15) is 23.1 Å². The molecular formula is C24H27F3N4O3. The molecule has 10 heteroatoms. The molecule has 2 aliphatic heterocycles. The second-order valence-electron chi connectivity index (χ2n) is 9.52. The second kappa shape index (κ2) is 8.49. The quantitative estimate of drug-likeness (QED) is 0.710. The summed E-state index contributed by atoms with van der Waals surface area (Å²) in [6.07, 6.45) is 3.17. The first kappa shape index (κ1) is 23.0. The molecule has 0 radical (unpaired) electrons. The molecule has 0 spiro atoms. The lowest BCUT2D eigenvalue weighted by molar-refractivity contribution is -0.158. The summed E-state index contributed by atoms with van der Waals surface area (Å²) in [4.78, 5) is 25.6. The van der Waals surface area contributed by atoms with E-state index in [2.05, 4.69) is 14.9 Å². The first-order valence-corrected chi connectivity index (χ1v) is 11.6. The van der Waals surface area contributed by atoms with Gasteiger partial charge in [0.15, 0.2) is 11.8 Å². The molecule has 1 aromatic heterocycles. The largest absolute Gasteiger partial charge is 0.457 e. The number of benzene rings is 1. The summed E-state index contributed by atoms with van der Waals surface area (Å²) in [6, 6.07) is 4.52. The zero-order valence-corrected chi connectivity index (χ0v) is 18.8. The van der Waals surface area contributed by atoms with Crippen LogP contribution in [0.25, 0.3) is 0 Å². The highest BCUT2D eigenvalue weighted by molar-refractivity contribution is 5.86. The minimum absolute atomic E-state index is 0.0882. The van der Waals surface area contributed by atoms with Gasteiger partial charge in [-0.3, -0.25) is 9.78 Å². The molecule has 3 fully saturated rings. The molecule has 3 aliphatic rings. The van der Waals surface area contributed by atoms with Crippen LogP contribution in [0.3, 0.4) is 0 Å². The van der Waals surface area contributed by atoms with Crippen molar-refractivity contribution in [3.05, 3.63) is 53.5 Å². The van der Waals surface area contributed by atoms with Crippen molar-refractivity contribution in [1.82, 2.24) is 19.8 Å². The number of carbonyl (C=O) groups is 1. The maximum Gasteiger partial charge on any atom is 0.416 e. The molecule has 7 nitrogen and oxygen atoms in total. The first-order chi connectivity index (χ1) is 16.1. The maximum absolute atomic E-state index is 13.2. The fourth-order valence-corrected chi connectivity index (χ4v) is 4.83. The number of fused-ring (bicyclic) bond motifs is 1. The lowest BCUT2D eigenvalue weighted by Crippen LogP contribution is -2.57. The van der Waals surface area contributed by atoms with Crippen molar-refractivity contribution in [2.24, 2.45) is 0 Å². The first-order valence-electron chi connectivity index (χ1n) is 11.6. The Morgan fingerprint density at radius 2 is 1.85 bits per heavy atom. The summed E-state index contributed by atoms with van der Waals surface area (Å²) in [5.41, 5.74) is -2.11. The van der Waals surface area contributed by atoms with Crippen LogP contribution >= 0.6 is 0 Å². The summed E-state index contributed by atoms with van der Waals surface area (Å²) in [7, 11) is 0. The van der Waals surface area contributed by atoms with Gasteiger partial charge < -0.3 is 14.7 Å². The number of aromatic nitrogens is 2. The molecule has 2 saturated heterocycles. The van der Waals surface area contributed by atoms with Gasteiger partial charge in [-0.1, -0.05) is 12.1 Å². The van der Waals surface area contributed by atoms with Gasteiger partial charge in [-0.25, -0.2) is 9.88 Å². The molecule has 1 amide bonds. The van der Waals surface area contributed by atoms with E-state index in [1.807, 2.05) is 0 Å². The van der Waals surface area contributed by atoms with Crippen LogP contribution in [0.4, 0.5) is 13.2 Å². The molecular weight excluding hydrogens is 449 g/mol. The van der Waals surface area contributed by atoms with Gasteiger partial charge in [0, 0.05) is 18.5 Å². The number of halogens is 3. The normalized spacial score (nSPS) is 25.0. The smallest absolute Gasteiger partial charge is 0.416 e. The van der Waals surface area contributed by atoms with Crippen LogP contribution in [0.2, 0.25) is 0 Å². The third kappa shape index (κ3) is 4.48. The molecule has 3 heterocycles. The maximum atomic E-state index is 13.2. The number of alkyl halides is 3. The highest BCUT2D eigenvalue weighted by atomic mass is 19.4. The van der Waals surface area contributed by atoms with Gasteiger partial charge in [-0.15, -0.1) is 0 Å². The standard InChI is InChI=1S/C24H27F3N4O3/c1-23(33,16-3-2-4-17(11-16)24(25,26)27)22(32)30-10-9-18-7-8-21(31(18)14-30)34-20-13-28-19(12-29-20)15-5-6-15/h2-4,11-13,15,18,21,33H,5-10,14H2,1H3/t18-,21-,23?/m0/s1. The summed E-state index contributed by atoms with van der Waals surface area (Å²) >= 11 is 0. The number of amides is 1. The summed E-state index contributed by atoms with van der Waals surface area (Å²) < 4.78 is 45.5. The average Bonchev–Trinajstić information content (AvgIpc) is 3.60. The van der Waals surface area contributed by atoms with Gasteiger partial charge in [0.1, 0.15) is 0 Å². The summed E-state index contributed by atoms with van der Waals surface area (Å²) in [5.74, 6) is 0.294. The van der Waals surface area contributed by atoms with Crippen molar-refractivity contribution in [1.29, 1.82) is 0 Å². The van der Waals surface area contributed by atoms with E-state index in [0.717, 1.165) is 43.5 Å². The van der Waals surface area contributed by atoms with Gasteiger partial charge >= 0.3 is 6.18 Å². The molecule has 1 N–H and O–H groups in total. The van der Waals surface area contributed by atoms with Crippen LogP contribution in [0.15, 0.2) is 36.7 Å². The highest BCUT2D eigenvalue weighted by Crippen LogP contribution is 2.39. The SMILES string of the molecule is CC(O)(C(=O)N1CC[C@@H]2CC[C@H](Oc3cnc(C4CC4)cn3)N2C1)c1cccc(C(F)(F)F)c1. The number of aliphatic hydroxyl groups is 1.